The first-order valence-corrected chi connectivity index (χ1v) is 6.94. The average molecular weight is 293 g/mol. The van der Waals surface area contributed by atoms with Crippen molar-refractivity contribution in [2.24, 2.45) is 5.92 Å². The highest BCUT2D eigenvalue weighted by molar-refractivity contribution is 9.10. The highest BCUT2D eigenvalue weighted by Crippen LogP contribution is 2.40. The monoisotopic (exact) mass is 292 g/mol. The van der Waals surface area contributed by atoms with Gasteiger partial charge in [-0.2, -0.15) is 5.26 Å². The molecule has 0 aromatic heterocycles. The molecule has 1 aliphatic carbocycles. The van der Waals surface area contributed by atoms with Gasteiger partial charge in [0.2, 0.25) is 0 Å². The van der Waals surface area contributed by atoms with E-state index in [-0.39, 0.29) is 5.54 Å². The average Bonchev–Trinajstić information content (AvgIpc) is 2.72. The molecule has 17 heavy (non-hydrogen) atoms. The lowest BCUT2D eigenvalue weighted by atomic mass is 9.86. The summed E-state index contributed by atoms with van der Waals surface area (Å²) in [5.41, 5.74) is 0.663. The van der Waals surface area contributed by atoms with Crippen LogP contribution in [0.25, 0.3) is 0 Å². The van der Waals surface area contributed by atoms with Gasteiger partial charge in [0.25, 0.3) is 0 Å². The Labute approximate surface area is 111 Å². The quantitative estimate of drug-likeness (QED) is 0.900. The number of halogens is 1. The molecule has 3 heteroatoms. The maximum atomic E-state index is 9.52. The molecule has 1 aliphatic rings. The second kappa shape index (κ2) is 5.10. The number of rotatable bonds is 3. The maximum absolute atomic E-state index is 9.52. The van der Waals surface area contributed by atoms with Crippen LogP contribution in [0.3, 0.4) is 0 Å². The first-order valence-electron chi connectivity index (χ1n) is 6.15. The van der Waals surface area contributed by atoms with Crippen molar-refractivity contribution in [2.45, 2.75) is 38.1 Å². The summed E-state index contributed by atoms with van der Waals surface area (Å²) < 4.78 is 1.04. The number of anilines is 1. The lowest BCUT2D eigenvalue weighted by Gasteiger charge is -2.30. The fourth-order valence-electron chi connectivity index (χ4n) is 2.79. The van der Waals surface area contributed by atoms with Gasteiger partial charge in [0.05, 0.1) is 6.07 Å². The summed E-state index contributed by atoms with van der Waals surface area (Å²) in [6.45, 7) is 2.17. The molecule has 0 aliphatic heterocycles. The summed E-state index contributed by atoms with van der Waals surface area (Å²) >= 11 is 3.46. The molecule has 1 aromatic rings. The van der Waals surface area contributed by atoms with E-state index in [1.165, 1.54) is 0 Å². The van der Waals surface area contributed by atoms with Gasteiger partial charge in [-0.15, -0.1) is 0 Å². The Balaban J connectivity index is 2.23. The van der Waals surface area contributed by atoms with Crippen molar-refractivity contribution in [3.05, 3.63) is 28.7 Å². The van der Waals surface area contributed by atoms with Gasteiger partial charge in [-0.25, -0.2) is 0 Å². The van der Waals surface area contributed by atoms with E-state index >= 15 is 0 Å². The van der Waals surface area contributed by atoms with E-state index in [0.29, 0.717) is 5.92 Å². The number of benzene rings is 1. The van der Waals surface area contributed by atoms with Crippen LogP contribution in [-0.4, -0.2) is 5.54 Å². The summed E-state index contributed by atoms with van der Waals surface area (Å²) in [6, 6.07) is 10.6. The molecule has 0 radical (unpaired) electrons. The third kappa shape index (κ3) is 2.47. The number of nitrogens with zero attached hydrogens (tertiary/aromatic N) is 1. The van der Waals surface area contributed by atoms with Crippen molar-refractivity contribution in [3.8, 4) is 6.07 Å². The fraction of sp³-hybridized carbons (Fsp3) is 0.500. The smallest absolute Gasteiger partial charge is 0.128 e. The predicted octanol–water partition coefficient (Wildman–Crippen LogP) is 4.33. The normalized spacial score (nSPS) is 27.7. The van der Waals surface area contributed by atoms with Crippen LogP contribution in [-0.2, 0) is 0 Å². The minimum atomic E-state index is -0.366. The Morgan fingerprint density at radius 1 is 1.59 bits per heavy atom. The van der Waals surface area contributed by atoms with E-state index in [2.05, 4.69) is 34.2 Å². The Morgan fingerprint density at radius 2 is 2.41 bits per heavy atom. The number of hydrogen-bond donors (Lipinski definition) is 1. The predicted molar refractivity (Wildman–Crippen MR) is 73.7 cm³/mol. The highest BCUT2D eigenvalue weighted by Gasteiger charge is 2.42. The van der Waals surface area contributed by atoms with Gasteiger partial charge in [0, 0.05) is 10.2 Å². The van der Waals surface area contributed by atoms with Crippen LogP contribution in [0.15, 0.2) is 28.7 Å². The minimum Gasteiger partial charge on any atom is -0.367 e. The summed E-state index contributed by atoms with van der Waals surface area (Å²) in [4.78, 5) is 0. The summed E-state index contributed by atoms with van der Waals surface area (Å²) in [5.74, 6) is 0.464. The third-order valence-electron chi connectivity index (χ3n) is 3.70. The molecule has 2 unspecified atom stereocenters. The second-order valence-corrected chi connectivity index (χ2v) is 5.63. The number of nitrogens with one attached hydrogen (secondary N) is 1. The molecule has 1 aromatic carbocycles. The molecule has 1 saturated carbocycles. The first-order chi connectivity index (χ1) is 8.20. The van der Waals surface area contributed by atoms with Gasteiger partial charge in [-0.1, -0.05) is 35.3 Å². The minimum absolute atomic E-state index is 0.366. The first kappa shape index (κ1) is 12.4. The third-order valence-corrected chi connectivity index (χ3v) is 4.20. The van der Waals surface area contributed by atoms with Gasteiger partial charge in [0.1, 0.15) is 5.54 Å². The molecule has 0 amide bonds. The van der Waals surface area contributed by atoms with E-state index in [1.54, 1.807) is 0 Å². The van der Waals surface area contributed by atoms with Crippen LogP contribution in [0, 0.1) is 17.2 Å². The summed E-state index contributed by atoms with van der Waals surface area (Å²) in [5, 5.41) is 13.0. The molecule has 1 fully saturated rings. The van der Waals surface area contributed by atoms with E-state index < -0.39 is 0 Å². The van der Waals surface area contributed by atoms with Crippen LogP contribution in [0.5, 0.6) is 0 Å². The fourth-order valence-corrected chi connectivity index (χ4v) is 3.19. The molecule has 2 atom stereocenters. The lowest BCUT2D eigenvalue weighted by Crippen LogP contribution is -2.40. The van der Waals surface area contributed by atoms with E-state index in [4.69, 9.17) is 0 Å². The molecule has 2 rings (SSSR count). The molecular formula is C14H17BrN2. The van der Waals surface area contributed by atoms with E-state index in [0.717, 1.165) is 35.8 Å². The molecule has 0 spiro atoms. The van der Waals surface area contributed by atoms with Crippen molar-refractivity contribution in [2.75, 3.05) is 5.32 Å². The van der Waals surface area contributed by atoms with Crippen LogP contribution >= 0.6 is 15.9 Å². The van der Waals surface area contributed by atoms with Gasteiger partial charge in [0.15, 0.2) is 0 Å². The summed E-state index contributed by atoms with van der Waals surface area (Å²) in [6.07, 6.45) is 4.32. The SMILES string of the molecule is CCC1CCCC1(C#N)Nc1cccc(Br)c1. The summed E-state index contributed by atoms with van der Waals surface area (Å²) in [7, 11) is 0. The molecule has 2 nitrogen and oxygen atoms in total. The lowest BCUT2D eigenvalue weighted by molar-refractivity contribution is 0.414. The zero-order valence-electron chi connectivity index (χ0n) is 10.0. The van der Waals surface area contributed by atoms with Crippen LogP contribution in [0.4, 0.5) is 5.69 Å². The Kier molecular flexibility index (Phi) is 3.73. The van der Waals surface area contributed by atoms with E-state index in [1.807, 2.05) is 24.3 Å². The molecule has 0 heterocycles. The van der Waals surface area contributed by atoms with Gasteiger partial charge in [-0.3, -0.25) is 0 Å². The van der Waals surface area contributed by atoms with Crippen LogP contribution in [0.1, 0.15) is 32.6 Å². The number of nitriles is 1. The van der Waals surface area contributed by atoms with Gasteiger partial charge in [-0.05, 0) is 43.4 Å². The van der Waals surface area contributed by atoms with Crippen molar-refractivity contribution >= 4 is 21.6 Å². The maximum Gasteiger partial charge on any atom is 0.128 e. The van der Waals surface area contributed by atoms with Crippen LogP contribution in [0.2, 0.25) is 0 Å². The molecular weight excluding hydrogens is 276 g/mol. The van der Waals surface area contributed by atoms with Crippen molar-refractivity contribution < 1.29 is 0 Å². The largest absolute Gasteiger partial charge is 0.367 e. The molecule has 1 N–H and O–H groups in total. The van der Waals surface area contributed by atoms with E-state index in [9.17, 15) is 5.26 Å². The molecule has 0 bridgehead atoms. The highest BCUT2D eigenvalue weighted by atomic mass is 79.9. The molecule has 0 saturated heterocycles. The van der Waals surface area contributed by atoms with Gasteiger partial charge < -0.3 is 5.32 Å². The zero-order chi connectivity index (χ0) is 12.3. The second-order valence-electron chi connectivity index (χ2n) is 4.72. The zero-order valence-corrected chi connectivity index (χ0v) is 11.6. The van der Waals surface area contributed by atoms with Crippen molar-refractivity contribution in [1.82, 2.24) is 0 Å². The number of hydrogen-bond acceptors (Lipinski definition) is 2. The van der Waals surface area contributed by atoms with Gasteiger partial charge >= 0.3 is 0 Å². The topological polar surface area (TPSA) is 35.8 Å². The van der Waals surface area contributed by atoms with Crippen LogP contribution < -0.4 is 5.32 Å². The standard InChI is InChI=1S/C14H17BrN2/c1-2-11-5-4-8-14(11,10-16)17-13-7-3-6-12(15)9-13/h3,6-7,9,11,17H,2,4-5,8H2,1H3. The van der Waals surface area contributed by atoms with Crippen molar-refractivity contribution in [3.63, 3.8) is 0 Å². The molecule has 90 valence electrons. The Morgan fingerprint density at radius 3 is 3.06 bits per heavy atom. The van der Waals surface area contributed by atoms with Crippen molar-refractivity contribution in [1.29, 1.82) is 5.26 Å². The Hall–Kier alpha value is -1.01. The Bertz CT molecular complexity index is 438.